The third-order valence-corrected chi connectivity index (χ3v) is 3.84. The van der Waals surface area contributed by atoms with Crippen LogP contribution in [0, 0.1) is 0 Å². The minimum atomic E-state index is -2.91. The van der Waals surface area contributed by atoms with E-state index in [0.29, 0.717) is 5.56 Å². The maximum absolute atomic E-state index is 12.6. The van der Waals surface area contributed by atoms with Crippen LogP contribution in [0.15, 0.2) is 47.6 Å². The van der Waals surface area contributed by atoms with Gasteiger partial charge in [-0.2, -0.15) is 17.6 Å². The SMILES string of the molecule is CN(Cc1ccc(OC(F)F)cc1)C(=O)c1cccnc1SC(F)F. The van der Waals surface area contributed by atoms with E-state index in [0.717, 1.165) is 0 Å². The number of carbonyl (C=O) groups excluding carboxylic acids is 1. The lowest BCUT2D eigenvalue weighted by Gasteiger charge is -2.18. The maximum Gasteiger partial charge on any atom is 0.387 e. The molecular formula is C16H14F4N2O2S. The average molecular weight is 374 g/mol. The zero-order valence-corrected chi connectivity index (χ0v) is 13.9. The summed E-state index contributed by atoms with van der Waals surface area (Å²) >= 11 is 0.205. The molecule has 4 nitrogen and oxygen atoms in total. The molecule has 0 atom stereocenters. The summed E-state index contributed by atoms with van der Waals surface area (Å²) in [5, 5.41) is -0.0463. The number of pyridine rings is 1. The van der Waals surface area contributed by atoms with Gasteiger partial charge in [-0.25, -0.2) is 4.98 Å². The van der Waals surface area contributed by atoms with Crippen molar-refractivity contribution in [1.82, 2.24) is 9.88 Å². The van der Waals surface area contributed by atoms with Crippen molar-refractivity contribution in [2.24, 2.45) is 0 Å². The first kappa shape index (κ1) is 19.0. The van der Waals surface area contributed by atoms with Crippen LogP contribution < -0.4 is 4.74 Å². The smallest absolute Gasteiger partial charge is 0.387 e. The predicted molar refractivity (Wildman–Crippen MR) is 85.0 cm³/mol. The van der Waals surface area contributed by atoms with Crippen LogP contribution >= 0.6 is 11.8 Å². The Labute approximate surface area is 145 Å². The van der Waals surface area contributed by atoms with Crippen molar-refractivity contribution in [3.05, 3.63) is 53.7 Å². The first-order valence-electron chi connectivity index (χ1n) is 7.06. The van der Waals surface area contributed by atoms with Crippen molar-refractivity contribution in [1.29, 1.82) is 0 Å². The van der Waals surface area contributed by atoms with Crippen molar-refractivity contribution >= 4 is 17.7 Å². The molecule has 0 aliphatic rings. The van der Waals surface area contributed by atoms with Gasteiger partial charge in [0.15, 0.2) is 0 Å². The fourth-order valence-electron chi connectivity index (χ4n) is 2.06. The topological polar surface area (TPSA) is 42.4 Å². The number of hydrogen-bond acceptors (Lipinski definition) is 4. The molecule has 134 valence electrons. The Morgan fingerprint density at radius 2 is 1.88 bits per heavy atom. The van der Waals surface area contributed by atoms with Crippen molar-refractivity contribution < 1.29 is 27.1 Å². The number of halogens is 4. The second-order valence-corrected chi connectivity index (χ2v) is 5.90. The molecule has 0 saturated heterocycles. The largest absolute Gasteiger partial charge is 0.435 e. The number of hydrogen-bond donors (Lipinski definition) is 0. The maximum atomic E-state index is 12.6. The van der Waals surface area contributed by atoms with Crippen LogP contribution in [0.4, 0.5) is 17.6 Å². The Bertz CT molecular complexity index is 714. The summed E-state index contributed by atoms with van der Waals surface area (Å²) in [7, 11) is 1.51. The standard InChI is InChI=1S/C16H14F4N2O2S/c1-22(9-10-4-6-11(7-5-10)24-15(17)18)14(23)12-3-2-8-21-13(12)25-16(19)20/h2-8,15-16H,9H2,1H3. The molecule has 0 radical (unpaired) electrons. The molecule has 1 heterocycles. The highest BCUT2D eigenvalue weighted by Gasteiger charge is 2.19. The molecule has 0 bridgehead atoms. The lowest BCUT2D eigenvalue weighted by Crippen LogP contribution is -2.27. The van der Waals surface area contributed by atoms with Crippen molar-refractivity contribution in [2.45, 2.75) is 23.9 Å². The Morgan fingerprint density at radius 3 is 2.48 bits per heavy atom. The summed E-state index contributed by atoms with van der Waals surface area (Å²) in [4.78, 5) is 17.6. The molecule has 0 N–H and O–H groups in total. The van der Waals surface area contributed by atoms with E-state index < -0.39 is 18.3 Å². The van der Waals surface area contributed by atoms with Crippen molar-refractivity contribution in [2.75, 3.05) is 7.05 Å². The summed E-state index contributed by atoms with van der Waals surface area (Å²) in [6, 6.07) is 8.73. The molecule has 0 spiro atoms. The molecule has 1 aromatic heterocycles. The highest BCUT2D eigenvalue weighted by Crippen LogP contribution is 2.27. The molecule has 2 aromatic rings. The van der Waals surface area contributed by atoms with Gasteiger partial charge in [0.05, 0.1) is 5.56 Å². The van der Waals surface area contributed by atoms with E-state index in [1.807, 2.05) is 0 Å². The van der Waals surface area contributed by atoms with E-state index >= 15 is 0 Å². The molecule has 1 amide bonds. The number of rotatable bonds is 7. The molecule has 9 heteroatoms. The van der Waals surface area contributed by atoms with Crippen molar-refractivity contribution in [3.8, 4) is 5.75 Å². The fourth-order valence-corrected chi connectivity index (χ4v) is 2.63. The van der Waals surface area contributed by atoms with E-state index in [2.05, 4.69) is 9.72 Å². The quantitative estimate of drug-likeness (QED) is 0.536. The summed E-state index contributed by atoms with van der Waals surface area (Å²) in [5.74, 6) is -3.14. The summed E-state index contributed by atoms with van der Waals surface area (Å²) in [5.41, 5.74) is 0.748. The average Bonchev–Trinajstić information content (AvgIpc) is 2.55. The van der Waals surface area contributed by atoms with Gasteiger partial charge in [0.2, 0.25) is 0 Å². The third-order valence-electron chi connectivity index (χ3n) is 3.12. The van der Waals surface area contributed by atoms with Gasteiger partial charge in [0.25, 0.3) is 11.7 Å². The van der Waals surface area contributed by atoms with Gasteiger partial charge in [-0.1, -0.05) is 12.1 Å². The molecule has 0 aliphatic carbocycles. The number of carbonyl (C=O) groups is 1. The number of nitrogens with zero attached hydrogens (tertiary/aromatic N) is 2. The van der Waals surface area contributed by atoms with Crippen LogP contribution in [0.5, 0.6) is 5.75 Å². The van der Waals surface area contributed by atoms with E-state index in [1.165, 1.54) is 42.4 Å². The number of benzene rings is 1. The summed E-state index contributed by atoms with van der Waals surface area (Å²) < 4.78 is 53.6. The highest BCUT2D eigenvalue weighted by molar-refractivity contribution is 7.99. The molecule has 25 heavy (non-hydrogen) atoms. The second-order valence-electron chi connectivity index (χ2n) is 4.92. The lowest BCUT2D eigenvalue weighted by atomic mass is 10.2. The van der Waals surface area contributed by atoms with E-state index in [4.69, 9.17) is 0 Å². The monoisotopic (exact) mass is 374 g/mol. The Kier molecular flexibility index (Phi) is 6.63. The van der Waals surface area contributed by atoms with E-state index in [1.54, 1.807) is 12.1 Å². The first-order valence-corrected chi connectivity index (χ1v) is 7.94. The van der Waals surface area contributed by atoms with Crippen LogP contribution in [0.3, 0.4) is 0 Å². The van der Waals surface area contributed by atoms with Gasteiger partial charge in [0.1, 0.15) is 10.8 Å². The Morgan fingerprint density at radius 1 is 1.20 bits per heavy atom. The number of alkyl halides is 4. The number of thioether (sulfide) groups is 1. The van der Waals surface area contributed by atoms with Gasteiger partial charge in [-0.3, -0.25) is 4.79 Å². The third kappa shape index (κ3) is 5.63. The summed E-state index contributed by atoms with van der Waals surface area (Å²) in [6.45, 7) is -2.74. The van der Waals surface area contributed by atoms with Crippen LogP contribution in [-0.2, 0) is 6.54 Å². The number of aromatic nitrogens is 1. The Balaban J connectivity index is 2.08. The lowest BCUT2D eigenvalue weighted by molar-refractivity contribution is -0.0498. The molecule has 0 saturated carbocycles. The normalized spacial score (nSPS) is 11.0. The zero-order chi connectivity index (χ0) is 18.4. The molecule has 0 fully saturated rings. The van der Waals surface area contributed by atoms with Crippen LogP contribution in [0.1, 0.15) is 15.9 Å². The molecule has 0 unspecified atom stereocenters. The summed E-state index contributed by atoms with van der Waals surface area (Å²) in [6.07, 6.45) is 1.34. The van der Waals surface area contributed by atoms with Gasteiger partial charge in [0, 0.05) is 19.8 Å². The fraction of sp³-hybridized carbons (Fsp3) is 0.250. The Hall–Kier alpha value is -2.29. The van der Waals surface area contributed by atoms with Gasteiger partial charge < -0.3 is 9.64 Å². The van der Waals surface area contributed by atoms with E-state index in [-0.39, 0.29) is 34.6 Å². The molecule has 2 rings (SSSR count). The van der Waals surface area contributed by atoms with Crippen LogP contribution in [-0.4, -0.2) is 35.2 Å². The molecule has 0 aliphatic heterocycles. The van der Waals surface area contributed by atoms with Gasteiger partial charge in [-0.05, 0) is 41.6 Å². The van der Waals surface area contributed by atoms with E-state index in [9.17, 15) is 22.4 Å². The second kappa shape index (κ2) is 8.70. The highest BCUT2D eigenvalue weighted by atomic mass is 32.2. The van der Waals surface area contributed by atoms with Crippen LogP contribution in [0.25, 0.3) is 0 Å². The zero-order valence-electron chi connectivity index (χ0n) is 13.0. The minimum absolute atomic E-state index is 0.00982. The predicted octanol–water partition coefficient (Wildman–Crippen LogP) is 4.27. The molecule has 1 aromatic carbocycles. The first-order chi connectivity index (χ1) is 11.9. The minimum Gasteiger partial charge on any atom is -0.435 e. The van der Waals surface area contributed by atoms with Gasteiger partial charge in [-0.15, -0.1) is 0 Å². The van der Waals surface area contributed by atoms with Crippen molar-refractivity contribution in [3.63, 3.8) is 0 Å². The van der Waals surface area contributed by atoms with Crippen LogP contribution in [0.2, 0.25) is 0 Å². The number of amides is 1. The number of ether oxygens (including phenoxy) is 1. The van der Waals surface area contributed by atoms with Gasteiger partial charge >= 0.3 is 6.61 Å². The molecular weight excluding hydrogens is 360 g/mol.